The summed E-state index contributed by atoms with van der Waals surface area (Å²) in [5.41, 5.74) is 1.78. The molecular formula is C19H29N3O3. The van der Waals surface area contributed by atoms with Crippen LogP contribution >= 0.6 is 0 Å². The zero-order valence-electron chi connectivity index (χ0n) is 15.3. The van der Waals surface area contributed by atoms with Gasteiger partial charge in [-0.1, -0.05) is 12.1 Å². The van der Waals surface area contributed by atoms with Gasteiger partial charge >= 0.3 is 6.03 Å². The second-order valence-corrected chi connectivity index (χ2v) is 6.78. The number of ether oxygens (including phenoxy) is 1. The Bertz CT molecular complexity index is 568. The van der Waals surface area contributed by atoms with Crippen molar-refractivity contribution in [3.8, 4) is 0 Å². The average Bonchev–Trinajstić information content (AvgIpc) is 3.39. The normalized spacial score (nSPS) is 14.9. The lowest BCUT2D eigenvalue weighted by Gasteiger charge is -2.16. The molecule has 3 N–H and O–H groups in total. The van der Waals surface area contributed by atoms with Gasteiger partial charge < -0.3 is 20.7 Å². The van der Waals surface area contributed by atoms with E-state index in [0.717, 1.165) is 30.5 Å². The molecule has 25 heavy (non-hydrogen) atoms. The van der Waals surface area contributed by atoms with Gasteiger partial charge in [0.1, 0.15) is 0 Å². The van der Waals surface area contributed by atoms with Crippen LogP contribution in [0.2, 0.25) is 0 Å². The molecule has 3 amide bonds. The van der Waals surface area contributed by atoms with Gasteiger partial charge in [-0.2, -0.15) is 0 Å². The van der Waals surface area contributed by atoms with Crippen LogP contribution in [0.5, 0.6) is 0 Å². The van der Waals surface area contributed by atoms with Crippen LogP contribution in [0.25, 0.3) is 0 Å². The molecule has 1 unspecified atom stereocenters. The Labute approximate surface area is 149 Å². The van der Waals surface area contributed by atoms with E-state index in [0.29, 0.717) is 13.2 Å². The highest BCUT2D eigenvalue weighted by Gasteiger charge is 2.29. The van der Waals surface area contributed by atoms with E-state index in [2.05, 4.69) is 16.0 Å². The summed E-state index contributed by atoms with van der Waals surface area (Å²) in [6, 6.07) is 7.28. The Morgan fingerprint density at radius 3 is 2.44 bits per heavy atom. The number of hydrogen-bond donors (Lipinski definition) is 3. The number of benzene rings is 1. The van der Waals surface area contributed by atoms with E-state index in [9.17, 15) is 9.59 Å². The van der Waals surface area contributed by atoms with Crippen molar-refractivity contribution in [2.24, 2.45) is 5.92 Å². The van der Waals surface area contributed by atoms with Crippen molar-refractivity contribution in [2.75, 3.05) is 18.5 Å². The van der Waals surface area contributed by atoms with Gasteiger partial charge in [-0.25, -0.2) is 4.79 Å². The molecule has 138 valence electrons. The minimum Gasteiger partial charge on any atom is -0.379 e. The zero-order chi connectivity index (χ0) is 18.2. The maximum Gasteiger partial charge on any atom is 0.315 e. The van der Waals surface area contributed by atoms with Crippen molar-refractivity contribution >= 4 is 17.6 Å². The van der Waals surface area contributed by atoms with Crippen LogP contribution in [0.3, 0.4) is 0 Å². The Balaban J connectivity index is 1.69. The number of hydrogen-bond acceptors (Lipinski definition) is 3. The third-order valence-electron chi connectivity index (χ3n) is 4.03. The minimum absolute atomic E-state index is 0.0970. The van der Waals surface area contributed by atoms with E-state index in [1.165, 1.54) is 0 Å². The molecule has 1 saturated carbocycles. The lowest BCUT2D eigenvalue weighted by atomic mass is 10.1. The predicted molar refractivity (Wildman–Crippen MR) is 98.5 cm³/mol. The fraction of sp³-hybridized carbons (Fsp3) is 0.579. The molecule has 6 heteroatoms. The van der Waals surface area contributed by atoms with Gasteiger partial charge in [0.25, 0.3) is 0 Å². The van der Waals surface area contributed by atoms with Crippen LogP contribution in [-0.2, 0) is 9.53 Å². The number of amides is 3. The molecule has 1 atom stereocenters. The van der Waals surface area contributed by atoms with Crippen LogP contribution in [0.15, 0.2) is 24.3 Å². The van der Waals surface area contributed by atoms with Crippen molar-refractivity contribution < 1.29 is 14.3 Å². The fourth-order valence-corrected chi connectivity index (χ4v) is 2.37. The summed E-state index contributed by atoms with van der Waals surface area (Å²) in [7, 11) is 0. The molecule has 2 rings (SSSR count). The summed E-state index contributed by atoms with van der Waals surface area (Å²) in [6.45, 7) is 7.13. The Kier molecular flexibility index (Phi) is 7.25. The van der Waals surface area contributed by atoms with E-state index in [1.54, 1.807) is 0 Å². The van der Waals surface area contributed by atoms with Crippen molar-refractivity contribution in [3.63, 3.8) is 0 Å². The largest absolute Gasteiger partial charge is 0.379 e. The molecule has 1 aliphatic rings. The molecule has 6 nitrogen and oxygen atoms in total. The summed E-state index contributed by atoms with van der Waals surface area (Å²) in [5.74, 6) is 0.287. The van der Waals surface area contributed by atoms with Gasteiger partial charge in [0.2, 0.25) is 5.91 Å². The summed E-state index contributed by atoms with van der Waals surface area (Å²) < 4.78 is 5.43. The maximum atomic E-state index is 11.9. The standard InChI is InChI=1S/C19H29N3O3/c1-13(2)25-12-4-11-20-19(24)21-14(3)15-7-9-17(10-8-15)22-18(23)16-5-6-16/h7-10,13-14,16H,4-6,11-12H2,1-3H3,(H,22,23)(H2,20,21,24). The maximum absolute atomic E-state index is 11.9. The fourth-order valence-electron chi connectivity index (χ4n) is 2.37. The molecular weight excluding hydrogens is 318 g/mol. The monoisotopic (exact) mass is 347 g/mol. The van der Waals surface area contributed by atoms with Crippen molar-refractivity contribution in [1.82, 2.24) is 10.6 Å². The van der Waals surface area contributed by atoms with Crippen molar-refractivity contribution in [3.05, 3.63) is 29.8 Å². The van der Waals surface area contributed by atoms with E-state index in [4.69, 9.17) is 4.74 Å². The molecule has 0 radical (unpaired) electrons. The van der Waals surface area contributed by atoms with Crippen molar-refractivity contribution in [1.29, 1.82) is 0 Å². The minimum atomic E-state index is -0.192. The smallest absolute Gasteiger partial charge is 0.315 e. The molecule has 0 aromatic heterocycles. The van der Waals surface area contributed by atoms with Crippen molar-refractivity contribution in [2.45, 2.75) is 52.2 Å². The highest BCUT2D eigenvalue weighted by Crippen LogP contribution is 2.30. The first-order chi connectivity index (χ1) is 12.0. The van der Waals surface area contributed by atoms with Gasteiger partial charge in [-0.3, -0.25) is 4.79 Å². The molecule has 0 heterocycles. The molecule has 1 fully saturated rings. The lowest BCUT2D eigenvalue weighted by Crippen LogP contribution is -2.37. The number of rotatable bonds is 9. The lowest BCUT2D eigenvalue weighted by molar-refractivity contribution is -0.117. The van der Waals surface area contributed by atoms with Gasteiger partial charge in [-0.05, 0) is 57.7 Å². The summed E-state index contributed by atoms with van der Waals surface area (Å²) >= 11 is 0. The quantitative estimate of drug-likeness (QED) is 0.600. The molecule has 1 aromatic carbocycles. The van der Waals surface area contributed by atoms with Crippen LogP contribution in [0.1, 0.15) is 51.6 Å². The van der Waals surface area contributed by atoms with E-state index in [1.807, 2.05) is 45.0 Å². The van der Waals surface area contributed by atoms with Crippen LogP contribution in [0.4, 0.5) is 10.5 Å². The number of carbonyl (C=O) groups is 2. The van der Waals surface area contributed by atoms with E-state index < -0.39 is 0 Å². The Morgan fingerprint density at radius 2 is 1.84 bits per heavy atom. The molecule has 0 aliphatic heterocycles. The summed E-state index contributed by atoms with van der Waals surface area (Å²) in [4.78, 5) is 23.6. The summed E-state index contributed by atoms with van der Waals surface area (Å²) in [5, 5.41) is 8.64. The third-order valence-corrected chi connectivity index (χ3v) is 4.03. The highest BCUT2D eigenvalue weighted by molar-refractivity contribution is 5.94. The number of carbonyl (C=O) groups excluding carboxylic acids is 2. The first kappa shape index (κ1) is 19.2. The van der Waals surface area contributed by atoms with E-state index >= 15 is 0 Å². The molecule has 1 aromatic rings. The predicted octanol–water partition coefficient (Wildman–Crippen LogP) is 3.21. The first-order valence-electron chi connectivity index (χ1n) is 9.02. The second kappa shape index (κ2) is 9.42. The molecule has 0 bridgehead atoms. The average molecular weight is 347 g/mol. The van der Waals surface area contributed by atoms with Crippen LogP contribution in [0, 0.1) is 5.92 Å². The number of nitrogens with one attached hydrogen (secondary N) is 3. The van der Waals surface area contributed by atoms with E-state index in [-0.39, 0.29) is 30.0 Å². The third kappa shape index (κ3) is 7.13. The van der Waals surface area contributed by atoms with Crippen LogP contribution in [-0.4, -0.2) is 31.2 Å². The summed E-state index contributed by atoms with van der Waals surface area (Å²) in [6.07, 6.45) is 2.98. The highest BCUT2D eigenvalue weighted by atomic mass is 16.5. The Morgan fingerprint density at radius 1 is 1.16 bits per heavy atom. The molecule has 0 spiro atoms. The first-order valence-corrected chi connectivity index (χ1v) is 9.02. The SMILES string of the molecule is CC(C)OCCCNC(=O)NC(C)c1ccc(NC(=O)C2CC2)cc1. The molecule has 0 saturated heterocycles. The second-order valence-electron chi connectivity index (χ2n) is 6.78. The zero-order valence-corrected chi connectivity index (χ0v) is 15.3. The van der Waals surface area contributed by atoms with Gasteiger partial charge in [0.15, 0.2) is 0 Å². The molecule has 1 aliphatic carbocycles. The van der Waals surface area contributed by atoms with Gasteiger partial charge in [-0.15, -0.1) is 0 Å². The number of urea groups is 1. The Hall–Kier alpha value is -2.08. The van der Waals surface area contributed by atoms with Gasteiger partial charge in [0, 0.05) is 24.8 Å². The van der Waals surface area contributed by atoms with Crippen LogP contribution < -0.4 is 16.0 Å². The van der Waals surface area contributed by atoms with Gasteiger partial charge in [0.05, 0.1) is 12.1 Å². The number of anilines is 1. The topological polar surface area (TPSA) is 79.5 Å².